The molecule has 0 bridgehead atoms. The van der Waals surface area contributed by atoms with Gasteiger partial charge in [-0.1, -0.05) is 18.2 Å². The number of hydrazine groups is 1. The van der Waals surface area contributed by atoms with Crippen LogP contribution in [0.5, 0.6) is 11.5 Å². The van der Waals surface area contributed by atoms with Crippen LogP contribution in [0.3, 0.4) is 0 Å². The van der Waals surface area contributed by atoms with E-state index in [0.29, 0.717) is 17.1 Å². The van der Waals surface area contributed by atoms with Gasteiger partial charge in [-0.3, -0.25) is 15.2 Å². The summed E-state index contributed by atoms with van der Waals surface area (Å²) in [5, 5.41) is 1.67. The number of nitrogens with one attached hydrogen (secondary N) is 1. The van der Waals surface area contributed by atoms with Crippen molar-refractivity contribution < 1.29 is 14.3 Å². The number of methoxy groups -OCH3 is 2. The Kier molecular flexibility index (Phi) is 4.66. The molecule has 1 amide bonds. The molecule has 0 radical (unpaired) electrons. The minimum Gasteiger partial charge on any atom is -0.493 e. The highest BCUT2D eigenvalue weighted by Crippen LogP contribution is 2.27. The number of carbonyl (C=O) groups excluding carboxylic acids is 1. The standard InChI is InChI=1S/C16H18N2O3/c1-18(13-7-5-4-6-8-13)17-16(19)12-9-10-14(20-2)15(11-12)21-3/h4-11H,1-3H3,(H,17,19). The van der Waals surface area contributed by atoms with Crippen LogP contribution in [0, 0.1) is 0 Å². The van der Waals surface area contributed by atoms with Crippen LogP contribution < -0.4 is 19.9 Å². The summed E-state index contributed by atoms with van der Waals surface area (Å²) in [5.41, 5.74) is 4.19. The average Bonchev–Trinajstić information content (AvgIpc) is 2.54. The highest BCUT2D eigenvalue weighted by atomic mass is 16.5. The molecule has 5 heteroatoms. The summed E-state index contributed by atoms with van der Waals surface area (Å²) in [6, 6.07) is 14.6. The second kappa shape index (κ2) is 6.65. The summed E-state index contributed by atoms with van der Waals surface area (Å²) in [5.74, 6) is 0.889. The Bertz CT molecular complexity index is 614. The molecule has 0 aliphatic heterocycles. The molecule has 0 spiro atoms. The zero-order valence-corrected chi connectivity index (χ0v) is 12.3. The molecular weight excluding hydrogens is 268 g/mol. The van der Waals surface area contributed by atoms with E-state index >= 15 is 0 Å². The normalized spacial score (nSPS) is 9.86. The fourth-order valence-corrected chi connectivity index (χ4v) is 1.91. The van der Waals surface area contributed by atoms with E-state index in [0.717, 1.165) is 5.69 Å². The topological polar surface area (TPSA) is 50.8 Å². The van der Waals surface area contributed by atoms with E-state index < -0.39 is 0 Å². The first-order valence-electron chi connectivity index (χ1n) is 6.47. The molecule has 0 aliphatic rings. The van der Waals surface area contributed by atoms with Crippen molar-refractivity contribution in [2.24, 2.45) is 0 Å². The van der Waals surface area contributed by atoms with Crippen LogP contribution in [0.25, 0.3) is 0 Å². The van der Waals surface area contributed by atoms with E-state index in [9.17, 15) is 4.79 Å². The molecule has 0 saturated heterocycles. The lowest BCUT2D eigenvalue weighted by molar-refractivity contribution is 0.0951. The van der Waals surface area contributed by atoms with Gasteiger partial charge in [0.2, 0.25) is 0 Å². The molecule has 0 fully saturated rings. The van der Waals surface area contributed by atoms with Crippen LogP contribution in [0.1, 0.15) is 10.4 Å². The first kappa shape index (κ1) is 14.7. The Hall–Kier alpha value is -2.69. The Balaban J connectivity index is 2.13. The lowest BCUT2D eigenvalue weighted by Crippen LogP contribution is -2.39. The fourth-order valence-electron chi connectivity index (χ4n) is 1.91. The lowest BCUT2D eigenvalue weighted by atomic mass is 10.2. The van der Waals surface area contributed by atoms with Gasteiger partial charge in [0.05, 0.1) is 19.9 Å². The summed E-state index contributed by atoms with van der Waals surface area (Å²) in [7, 11) is 4.88. The maximum absolute atomic E-state index is 12.2. The van der Waals surface area contributed by atoms with Gasteiger partial charge in [0.15, 0.2) is 11.5 Å². The number of benzene rings is 2. The van der Waals surface area contributed by atoms with Gasteiger partial charge in [-0.15, -0.1) is 0 Å². The quantitative estimate of drug-likeness (QED) is 0.858. The zero-order chi connectivity index (χ0) is 15.2. The minimum absolute atomic E-state index is 0.220. The van der Waals surface area contributed by atoms with Crippen LogP contribution in [0.15, 0.2) is 48.5 Å². The number of anilines is 1. The second-order valence-corrected chi connectivity index (χ2v) is 4.41. The smallest absolute Gasteiger partial charge is 0.269 e. The number of rotatable bonds is 5. The summed E-state index contributed by atoms with van der Waals surface area (Å²) >= 11 is 0. The van der Waals surface area contributed by atoms with Crippen molar-refractivity contribution in [3.63, 3.8) is 0 Å². The molecule has 0 unspecified atom stereocenters. The number of para-hydroxylation sites is 1. The SMILES string of the molecule is COc1ccc(C(=O)NN(C)c2ccccc2)cc1OC. The van der Waals surface area contributed by atoms with E-state index in [4.69, 9.17) is 9.47 Å². The number of amides is 1. The number of nitrogens with zero attached hydrogens (tertiary/aromatic N) is 1. The third kappa shape index (κ3) is 3.45. The predicted molar refractivity (Wildman–Crippen MR) is 81.9 cm³/mol. The van der Waals surface area contributed by atoms with Crippen molar-refractivity contribution in [3.8, 4) is 11.5 Å². The van der Waals surface area contributed by atoms with Gasteiger partial charge in [-0.25, -0.2) is 0 Å². The Morgan fingerprint density at radius 2 is 1.67 bits per heavy atom. The molecule has 110 valence electrons. The van der Waals surface area contributed by atoms with E-state index in [1.54, 1.807) is 37.4 Å². The van der Waals surface area contributed by atoms with E-state index in [2.05, 4.69) is 5.43 Å². The van der Waals surface area contributed by atoms with Crippen molar-refractivity contribution in [2.45, 2.75) is 0 Å². The summed E-state index contributed by atoms with van der Waals surface area (Å²) in [6.07, 6.45) is 0. The molecule has 0 aromatic heterocycles. The van der Waals surface area contributed by atoms with E-state index in [1.807, 2.05) is 30.3 Å². The van der Waals surface area contributed by atoms with Crippen LogP contribution in [0.4, 0.5) is 5.69 Å². The molecular formula is C16H18N2O3. The van der Waals surface area contributed by atoms with Crippen LogP contribution in [-0.2, 0) is 0 Å². The van der Waals surface area contributed by atoms with Gasteiger partial charge >= 0.3 is 0 Å². The van der Waals surface area contributed by atoms with Crippen LogP contribution in [0.2, 0.25) is 0 Å². The molecule has 0 atom stereocenters. The van der Waals surface area contributed by atoms with Crippen molar-refractivity contribution in [3.05, 3.63) is 54.1 Å². The highest BCUT2D eigenvalue weighted by Gasteiger charge is 2.12. The predicted octanol–water partition coefficient (Wildman–Crippen LogP) is 2.49. The number of hydrogen-bond acceptors (Lipinski definition) is 4. The molecule has 0 heterocycles. The average molecular weight is 286 g/mol. The number of ether oxygens (including phenoxy) is 2. The largest absolute Gasteiger partial charge is 0.493 e. The second-order valence-electron chi connectivity index (χ2n) is 4.41. The highest BCUT2D eigenvalue weighted by molar-refractivity contribution is 5.95. The molecule has 0 saturated carbocycles. The third-order valence-corrected chi connectivity index (χ3v) is 3.06. The third-order valence-electron chi connectivity index (χ3n) is 3.06. The van der Waals surface area contributed by atoms with Gasteiger partial charge in [-0.2, -0.15) is 0 Å². The summed E-state index contributed by atoms with van der Waals surface area (Å²) in [4.78, 5) is 12.2. The maximum Gasteiger partial charge on any atom is 0.269 e. The molecule has 0 aliphatic carbocycles. The van der Waals surface area contributed by atoms with Gasteiger partial charge in [0.1, 0.15) is 0 Å². The molecule has 5 nitrogen and oxygen atoms in total. The lowest BCUT2D eigenvalue weighted by Gasteiger charge is -2.20. The molecule has 2 rings (SSSR count). The van der Waals surface area contributed by atoms with Crippen molar-refractivity contribution in [1.82, 2.24) is 5.43 Å². The van der Waals surface area contributed by atoms with Gasteiger partial charge in [0.25, 0.3) is 5.91 Å². The Labute approximate surface area is 124 Å². The molecule has 2 aromatic rings. The number of hydrogen-bond donors (Lipinski definition) is 1. The summed E-state index contributed by atoms with van der Waals surface area (Å²) in [6.45, 7) is 0. The Morgan fingerprint density at radius 3 is 2.29 bits per heavy atom. The maximum atomic E-state index is 12.2. The van der Waals surface area contributed by atoms with E-state index in [-0.39, 0.29) is 5.91 Å². The monoisotopic (exact) mass is 286 g/mol. The molecule has 21 heavy (non-hydrogen) atoms. The molecule has 1 N–H and O–H groups in total. The first-order chi connectivity index (χ1) is 10.2. The van der Waals surface area contributed by atoms with Gasteiger partial charge in [0, 0.05) is 12.6 Å². The summed E-state index contributed by atoms with van der Waals surface area (Å²) < 4.78 is 10.4. The first-order valence-corrected chi connectivity index (χ1v) is 6.47. The van der Waals surface area contributed by atoms with Crippen molar-refractivity contribution >= 4 is 11.6 Å². The Morgan fingerprint density at radius 1 is 1.00 bits per heavy atom. The van der Waals surface area contributed by atoms with E-state index in [1.165, 1.54) is 7.11 Å². The van der Waals surface area contributed by atoms with Crippen LogP contribution in [-0.4, -0.2) is 27.2 Å². The van der Waals surface area contributed by atoms with Gasteiger partial charge < -0.3 is 9.47 Å². The minimum atomic E-state index is -0.220. The number of carbonyl (C=O) groups is 1. The fraction of sp³-hybridized carbons (Fsp3) is 0.188. The zero-order valence-electron chi connectivity index (χ0n) is 12.3. The van der Waals surface area contributed by atoms with Crippen molar-refractivity contribution in [1.29, 1.82) is 0 Å². The van der Waals surface area contributed by atoms with Gasteiger partial charge in [-0.05, 0) is 30.3 Å². The van der Waals surface area contributed by atoms with Crippen LogP contribution >= 0.6 is 0 Å². The molecule has 2 aromatic carbocycles. The van der Waals surface area contributed by atoms with Crippen molar-refractivity contribution in [2.75, 3.05) is 26.3 Å².